The summed E-state index contributed by atoms with van der Waals surface area (Å²) in [4.78, 5) is 24.2. The third-order valence-corrected chi connectivity index (χ3v) is 12.6. The molecule has 4 aromatic rings. The van der Waals surface area contributed by atoms with Crippen molar-refractivity contribution in [3.8, 4) is 0 Å². The molecular formula is C32H30N2O12S4. The SMILES string of the molecule is CCS(=O)(=O)c1ccc(C(=O)Nc2ccc(/C=C/c3ccc(NC(=O)c4ccc(S(=O)(=O)CC)cc4)cc3S(=O)(=O)O)c(S(=O)(=O)O)c2)cc1. The zero-order chi connectivity index (χ0) is 37.1. The molecule has 2 amide bonds. The molecule has 0 aromatic heterocycles. The van der Waals surface area contributed by atoms with Gasteiger partial charge < -0.3 is 10.6 Å². The van der Waals surface area contributed by atoms with Crippen LogP contribution in [0.3, 0.4) is 0 Å². The molecule has 4 N–H and O–H groups in total. The normalized spacial score (nSPS) is 12.5. The fraction of sp³-hybridized carbons (Fsp3) is 0.125. The van der Waals surface area contributed by atoms with Gasteiger partial charge in [0.15, 0.2) is 19.7 Å². The van der Waals surface area contributed by atoms with Gasteiger partial charge in [-0.2, -0.15) is 16.8 Å². The summed E-state index contributed by atoms with van der Waals surface area (Å²) in [6.07, 6.45) is 2.27. The van der Waals surface area contributed by atoms with Crippen LogP contribution in [0.4, 0.5) is 11.4 Å². The highest BCUT2D eigenvalue weighted by Crippen LogP contribution is 2.27. The summed E-state index contributed by atoms with van der Waals surface area (Å²) in [5, 5.41) is 4.91. The zero-order valence-corrected chi connectivity index (χ0v) is 29.5. The number of sulfone groups is 2. The lowest BCUT2D eigenvalue weighted by molar-refractivity contribution is 0.101. The number of carbonyl (C=O) groups excluding carboxylic acids is 2. The van der Waals surface area contributed by atoms with Gasteiger partial charge >= 0.3 is 0 Å². The summed E-state index contributed by atoms with van der Waals surface area (Å²) in [5.41, 5.74) is -0.236. The van der Waals surface area contributed by atoms with Crippen LogP contribution in [0.5, 0.6) is 0 Å². The van der Waals surface area contributed by atoms with Crippen LogP contribution in [0.15, 0.2) is 105 Å². The molecule has 0 radical (unpaired) electrons. The van der Waals surface area contributed by atoms with Gasteiger partial charge in [0.05, 0.1) is 21.3 Å². The molecule has 4 rings (SSSR count). The number of anilines is 2. The summed E-state index contributed by atoms with van der Waals surface area (Å²) in [6, 6.07) is 17.1. The molecule has 0 unspecified atom stereocenters. The van der Waals surface area contributed by atoms with E-state index in [1.54, 1.807) is 0 Å². The zero-order valence-electron chi connectivity index (χ0n) is 26.3. The molecule has 0 bridgehead atoms. The Kier molecular flexibility index (Phi) is 11.1. The molecule has 0 saturated heterocycles. The Morgan fingerprint density at radius 1 is 0.540 bits per heavy atom. The highest BCUT2D eigenvalue weighted by atomic mass is 32.2. The molecule has 50 heavy (non-hydrogen) atoms. The summed E-state index contributed by atoms with van der Waals surface area (Å²) in [5.74, 6) is -1.68. The number of amides is 2. The lowest BCUT2D eigenvalue weighted by Crippen LogP contribution is -2.13. The highest BCUT2D eigenvalue weighted by Gasteiger charge is 2.20. The molecule has 4 aromatic carbocycles. The van der Waals surface area contributed by atoms with Crippen molar-refractivity contribution in [2.45, 2.75) is 33.4 Å². The van der Waals surface area contributed by atoms with Gasteiger partial charge in [-0.25, -0.2) is 16.8 Å². The van der Waals surface area contributed by atoms with Gasteiger partial charge in [0, 0.05) is 22.5 Å². The quantitative estimate of drug-likeness (QED) is 0.116. The average molecular weight is 763 g/mol. The number of carbonyl (C=O) groups is 2. The van der Waals surface area contributed by atoms with E-state index < -0.39 is 61.5 Å². The minimum absolute atomic E-state index is 0.0205. The topological polar surface area (TPSA) is 235 Å². The highest BCUT2D eigenvalue weighted by molar-refractivity contribution is 7.91. The monoisotopic (exact) mass is 762 g/mol. The van der Waals surface area contributed by atoms with E-state index in [2.05, 4.69) is 10.6 Å². The minimum atomic E-state index is -4.90. The Morgan fingerprint density at radius 3 is 1.14 bits per heavy atom. The maximum atomic E-state index is 12.8. The van der Waals surface area contributed by atoms with Crippen molar-refractivity contribution in [1.29, 1.82) is 0 Å². The first-order chi connectivity index (χ1) is 23.2. The van der Waals surface area contributed by atoms with Crippen LogP contribution in [0.1, 0.15) is 45.7 Å². The second kappa shape index (κ2) is 14.6. The van der Waals surface area contributed by atoms with Crippen molar-refractivity contribution < 1.29 is 52.4 Å². The number of rotatable bonds is 12. The standard InChI is InChI=1S/C32H30N2O12S4/c1-3-47(37,38)27-15-9-23(10-16-27)31(35)33-25-13-7-21(29(19-25)49(41,42)43)5-6-22-8-14-26(20-30(22)50(44,45)46)34-32(36)24-11-17-28(18-12-24)48(39,40)4-2/h5-20H,3-4H2,1-2H3,(H,33,35)(H,34,36)(H,41,42,43)(H,44,45,46)/b6-5+. The molecule has 18 heteroatoms. The second-order valence-electron chi connectivity index (χ2n) is 10.6. The Morgan fingerprint density at radius 2 is 0.860 bits per heavy atom. The average Bonchev–Trinajstić information content (AvgIpc) is 3.07. The fourth-order valence-electron chi connectivity index (χ4n) is 4.49. The molecule has 0 heterocycles. The van der Waals surface area contributed by atoms with E-state index in [0.717, 1.165) is 24.3 Å². The van der Waals surface area contributed by atoms with Crippen LogP contribution >= 0.6 is 0 Å². The lowest BCUT2D eigenvalue weighted by atomic mass is 10.1. The Bertz CT molecular complexity index is 2270. The van der Waals surface area contributed by atoms with Crippen molar-refractivity contribution >= 4 is 75.3 Å². The molecule has 14 nitrogen and oxygen atoms in total. The Balaban J connectivity index is 1.59. The van der Waals surface area contributed by atoms with E-state index in [1.807, 2.05) is 0 Å². The van der Waals surface area contributed by atoms with Crippen LogP contribution in [0.2, 0.25) is 0 Å². The van der Waals surface area contributed by atoms with E-state index in [4.69, 9.17) is 0 Å². The largest absolute Gasteiger partial charge is 0.322 e. The number of benzene rings is 4. The van der Waals surface area contributed by atoms with Crippen molar-refractivity contribution in [1.82, 2.24) is 0 Å². The molecular weight excluding hydrogens is 733 g/mol. The third kappa shape index (κ3) is 9.09. The van der Waals surface area contributed by atoms with Gasteiger partial charge in [0.25, 0.3) is 32.1 Å². The van der Waals surface area contributed by atoms with Crippen molar-refractivity contribution in [3.05, 3.63) is 107 Å². The fourth-order valence-corrected chi connectivity index (χ4v) is 7.68. The number of hydrogen-bond acceptors (Lipinski definition) is 10. The summed E-state index contributed by atoms with van der Waals surface area (Å²) >= 11 is 0. The Labute approximate surface area is 289 Å². The first-order valence-corrected chi connectivity index (χ1v) is 20.6. The third-order valence-electron chi connectivity index (χ3n) is 7.25. The second-order valence-corrected chi connectivity index (χ2v) is 17.9. The van der Waals surface area contributed by atoms with Crippen LogP contribution in [-0.4, -0.2) is 66.1 Å². The molecule has 0 spiro atoms. The van der Waals surface area contributed by atoms with E-state index in [0.29, 0.717) is 0 Å². The van der Waals surface area contributed by atoms with E-state index in [9.17, 15) is 52.4 Å². The summed E-state index contributed by atoms with van der Waals surface area (Å²) in [6.45, 7) is 2.95. The minimum Gasteiger partial charge on any atom is -0.322 e. The van der Waals surface area contributed by atoms with Crippen molar-refractivity contribution in [3.63, 3.8) is 0 Å². The first kappa shape index (κ1) is 38.1. The molecule has 264 valence electrons. The van der Waals surface area contributed by atoms with E-state index in [1.165, 1.54) is 86.6 Å². The summed E-state index contributed by atoms with van der Waals surface area (Å²) in [7, 11) is -16.8. The van der Waals surface area contributed by atoms with Crippen molar-refractivity contribution in [2.75, 3.05) is 22.1 Å². The molecule has 0 atom stereocenters. The molecule has 0 aliphatic carbocycles. The predicted octanol–water partition coefficient (Wildman–Crippen LogP) is 4.44. The van der Waals surface area contributed by atoms with Crippen molar-refractivity contribution in [2.24, 2.45) is 0 Å². The number of nitrogens with one attached hydrogen (secondary N) is 2. The first-order valence-electron chi connectivity index (χ1n) is 14.4. The van der Waals surface area contributed by atoms with E-state index in [-0.39, 0.29) is 54.9 Å². The maximum absolute atomic E-state index is 12.8. The van der Waals surface area contributed by atoms with Crippen LogP contribution in [0.25, 0.3) is 12.2 Å². The molecule has 0 aliphatic heterocycles. The van der Waals surface area contributed by atoms with Crippen LogP contribution in [-0.2, 0) is 39.9 Å². The van der Waals surface area contributed by atoms with E-state index >= 15 is 0 Å². The summed E-state index contributed by atoms with van der Waals surface area (Å²) < 4.78 is 117. The smallest absolute Gasteiger partial charge is 0.295 e. The Hall–Kier alpha value is -4.72. The van der Waals surface area contributed by atoms with Gasteiger partial charge in [-0.3, -0.25) is 18.7 Å². The van der Waals surface area contributed by atoms with Gasteiger partial charge in [-0.05, 0) is 83.9 Å². The predicted molar refractivity (Wildman–Crippen MR) is 186 cm³/mol. The lowest BCUT2D eigenvalue weighted by Gasteiger charge is -2.11. The number of hydrogen-bond donors (Lipinski definition) is 4. The molecule has 0 fully saturated rings. The van der Waals surface area contributed by atoms with Gasteiger partial charge in [0.1, 0.15) is 9.79 Å². The van der Waals surface area contributed by atoms with Crippen LogP contribution < -0.4 is 10.6 Å². The van der Waals surface area contributed by atoms with Gasteiger partial charge in [-0.1, -0.05) is 38.1 Å². The molecule has 0 aliphatic rings. The van der Waals surface area contributed by atoms with Gasteiger partial charge in [0.2, 0.25) is 0 Å². The van der Waals surface area contributed by atoms with Crippen LogP contribution in [0, 0.1) is 0 Å². The molecule has 0 saturated carbocycles. The maximum Gasteiger partial charge on any atom is 0.295 e. The van der Waals surface area contributed by atoms with Gasteiger partial charge in [-0.15, -0.1) is 0 Å².